The number of fused-ring (bicyclic) bond motifs is 1. The summed E-state index contributed by atoms with van der Waals surface area (Å²) in [6, 6.07) is 12.8. The van der Waals surface area contributed by atoms with Gasteiger partial charge in [-0.2, -0.15) is 13.2 Å². The summed E-state index contributed by atoms with van der Waals surface area (Å²) in [6.07, 6.45) is -4.56. The second-order valence-electron chi connectivity index (χ2n) is 4.78. The van der Waals surface area contributed by atoms with Crippen LogP contribution in [0.4, 0.5) is 18.9 Å². The topological polar surface area (TPSA) is 38.9 Å². The fourth-order valence-corrected chi connectivity index (χ4v) is 2.57. The minimum absolute atomic E-state index is 0.00803. The van der Waals surface area contributed by atoms with Crippen molar-refractivity contribution >= 4 is 28.2 Å². The van der Waals surface area contributed by atoms with Gasteiger partial charge in [-0.25, -0.2) is 4.98 Å². The molecule has 0 atom stereocenters. The summed E-state index contributed by atoms with van der Waals surface area (Å²) < 4.78 is 38.9. The molecule has 0 aliphatic rings. The number of para-hydroxylation sites is 2. The number of halogens is 4. The first-order valence-electron chi connectivity index (χ1n) is 6.39. The van der Waals surface area contributed by atoms with E-state index in [9.17, 15) is 13.2 Å². The zero-order valence-corrected chi connectivity index (χ0v) is 11.9. The summed E-state index contributed by atoms with van der Waals surface area (Å²) in [5, 5.41) is 0.462. The van der Waals surface area contributed by atoms with Crippen LogP contribution in [-0.2, 0) is 6.18 Å². The Morgan fingerprint density at radius 3 is 2.32 bits per heavy atom. The molecule has 3 rings (SSSR count). The van der Waals surface area contributed by atoms with Crippen LogP contribution in [-0.4, -0.2) is 4.98 Å². The van der Waals surface area contributed by atoms with Gasteiger partial charge < -0.3 is 5.73 Å². The SMILES string of the molecule is Nc1ccccc1-c1cccc2c(Cl)cc(C(F)(F)F)nc12. The molecule has 112 valence electrons. The van der Waals surface area contributed by atoms with Crippen LogP contribution >= 0.6 is 11.6 Å². The van der Waals surface area contributed by atoms with Gasteiger partial charge in [0.1, 0.15) is 5.69 Å². The molecule has 0 aliphatic carbocycles. The molecule has 2 N–H and O–H groups in total. The molecule has 22 heavy (non-hydrogen) atoms. The van der Waals surface area contributed by atoms with E-state index < -0.39 is 11.9 Å². The largest absolute Gasteiger partial charge is 0.433 e. The molecule has 1 heterocycles. The molecule has 0 radical (unpaired) electrons. The molecular weight excluding hydrogens is 313 g/mol. The average molecular weight is 323 g/mol. The van der Waals surface area contributed by atoms with Crippen LogP contribution in [0.5, 0.6) is 0 Å². The maximum atomic E-state index is 13.0. The lowest BCUT2D eigenvalue weighted by molar-refractivity contribution is -0.140. The number of pyridine rings is 1. The molecule has 0 spiro atoms. The van der Waals surface area contributed by atoms with E-state index in [1.54, 1.807) is 42.5 Å². The van der Waals surface area contributed by atoms with Crippen molar-refractivity contribution in [1.82, 2.24) is 4.98 Å². The number of alkyl halides is 3. The van der Waals surface area contributed by atoms with Gasteiger partial charge in [-0.1, -0.05) is 48.0 Å². The van der Waals surface area contributed by atoms with Crippen molar-refractivity contribution in [3.05, 3.63) is 59.2 Å². The lowest BCUT2D eigenvalue weighted by Gasteiger charge is -2.12. The highest BCUT2D eigenvalue weighted by atomic mass is 35.5. The number of nitrogens with zero attached hydrogens (tertiary/aromatic N) is 1. The number of nitrogen functional groups attached to an aromatic ring is 1. The molecule has 0 saturated carbocycles. The zero-order valence-electron chi connectivity index (χ0n) is 11.2. The first-order valence-corrected chi connectivity index (χ1v) is 6.77. The fourth-order valence-electron chi connectivity index (χ4n) is 2.31. The van der Waals surface area contributed by atoms with Gasteiger partial charge in [0, 0.05) is 22.2 Å². The van der Waals surface area contributed by atoms with Gasteiger partial charge in [0.15, 0.2) is 0 Å². The van der Waals surface area contributed by atoms with Gasteiger partial charge in [0.25, 0.3) is 0 Å². The van der Waals surface area contributed by atoms with Crippen LogP contribution in [0.2, 0.25) is 5.02 Å². The highest BCUT2D eigenvalue weighted by Crippen LogP contribution is 2.37. The Hall–Kier alpha value is -2.27. The molecule has 2 aromatic carbocycles. The van der Waals surface area contributed by atoms with Gasteiger partial charge in [-0.05, 0) is 12.1 Å². The molecule has 0 fully saturated rings. The molecule has 3 aromatic rings. The van der Waals surface area contributed by atoms with E-state index >= 15 is 0 Å². The second-order valence-corrected chi connectivity index (χ2v) is 5.18. The molecule has 0 bridgehead atoms. The monoisotopic (exact) mass is 322 g/mol. The van der Waals surface area contributed by atoms with Crippen LogP contribution in [0, 0.1) is 0 Å². The summed E-state index contributed by atoms with van der Waals surface area (Å²) in [5.74, 6) is 0. The van der Waals surface area contributed by atoms with Crippen LogP contribution in [0.15, 0.2) is 48.5 Å². The molecule has 1 aromatic heterocycles. The van der Waals surface area contributed by atoms with E-state index in [4.69, 9.17) is 17.3 Å². The predicted octanol–water partition coefficient (Wildman–Crippen LogP) is 5.16. The molecule has 6 heteroatoms. The van der Waals surface area contributed by atoms with Crippen molar-refractivity contribution in [2.24, 2.45) is 0 Å². The van der Waals surface area contributed by atoms with E-state index in [0.717, 1.165) is 6.07 Å². The van der Waals surface area contributed by atoms with E-state index in [0.29, 0.717) is 22.2 Å². The van der Waals surface area contributed by atoms with E-state index in [-0.39, 0.29) is 10.5 Å². The van der Waals surface area contributed by atoms with Crippen LogP contribution < -0.4 is 5.73 Å². The number of hydrogen-bond donors (Lipinski definition) is 1. The lowest BCUT2D eigenvalue weighted by atomic mass is 10.00. The summed E-state index contributed by atoms with van der Waals surface area (Å²) in [7, 11) is 0. The fraction of sp³-hybridized carbons (Fsp3) is 0.0625. The third-order valence-electron chi connectivity index (χ3n) is 3.33. The lowest BCUT2D eigenvalue weighted by Crippen LogP contribution is -2.08. The number of rotatable bonds is 1. The highest BCUT2D eigenvalue weighted by Gasteiger charge is 2.33. The van der Waals surface area contributed by atoms with Crippen molar-refractivity contribution in [2.45, 2.75) is 6.18 Å². The molecule has 0 amide bonds. The van der Waals surface area contributed by atoms with Gasteiger partial charge in [0.05, 0.1) is 10.5 Å². The van der Waals surface area contributed by atoms with Crippen LogP contribution in [0.1, 0.15) is 5.69 Å². The maximum Gasteiger partial charge on any atom is 0.433 e. The summed E-state index contributed by atoms with van der Waals surface area (Å²) in [5.41, 5.74) is 6.68. The Morgan fingerprint density at radius 1 is 0.955 bits per heavy atom. The zero-order chi connectivity index (χ0) is 15.9. The Balaban J connectivity index is 2.37. The standard InChI is InChI=1S/C16H10ClF3N2/c17-12-8-14(16(18,19)20)22-15-10(5-3-6-11(12)15)9-4-1-2-7-13(9)21/h1-8H,21H2. The molecular formula is C16H10ClF3N2. The number of benzene rings is 2. The van der Waals surface area contributed by atoms with Gasteiger partial charge in [-0.15, -0.1) is 0 Å². The van der Waals surface area contributed by atoms with Crippen LogP contribution in [0.25, 0.3) is 22.0 Å². The van der Waals surface area contributed by atoms with Crippen molar-refractivity contribution in [1.29, 1.82) is 0 Å². The Bertz CT molecular complexity index is 860. The molecule has 0 aliphatic heterocycles. The first kappa shape index (κ1) is 14.7. The highest BCUT2D eigenvalue weighted by molar-refractivity contribution is 6.35. The Kier molecular flexibility index (Phi) is 3.45. The maximum absolute atomic E-state index is 13.0. The normalized spacial score (nSPS) is 11.8. The number of nitrogens with two attached hydrogens (primary N) is 1. The smallest absolute Gasteiger partial charge is 0.398 e. The average Bonchev–Trinajstić information content (AvgIpc) is 2.46. The third kappa shape index (κ3) is 2.48. The summed E-state index contributed by atoms with van der Waals surface area (Å²) in [6.45, 7) is 0. The van der Waals surface area contributed by atoms with E-state index in [1.165, 1.54) is 0 Å². The van der Waals surface area contributed by atoms with Gasteiger partial charge in [-0.3, -0.25) is 0 Å². The first-order chi connectivity index (χ1) is 10.4. The molecule has 0 unspecified atom stereocenters. The third-order valence-corrected chi connectivity index (χ3v) is 3.64. The molecule has 0 saturated heterocycles. The summed E-state index contributed by atoms with van der Waals surface area (Å²) in [4.78, 5) is 3.76. The van der Waals surface area contributed by atoms with Gasteiger partial charge in [0.2, 0.25) is 0 Å². The minimum Gasteiger partial charge on any atom is -0.398 e. The number of aromatic nitrogens is 1. The second kappa shape index (κ2) is 5.18. The van der Waals surface area contributed by atoms with E-state index in [2.05, 4.69) is 4.98 Å². The number of anilines is 1. The Labute approximate surface area is 129 Å². The molecule has 2 nitrogen and oxygen atoms in total. The predicted molar refractivity (Wildman–Crippen MR) is 81.6 cm³/mol. The van der Waals surface area contributed by atoms with Crippen molar-refractivity contribution < 1.29 is 13.2 Å². The minimum atomic E-state index is -4.56. The Morgan fingerprint density at radius 2 is 1.64 bits per heavy atom. The van der Waals surface area contributed by atoms with Gasteiger partial charge >= 0.3 is 6.18 Å². The summed E-state index contributed by atoms with van der Waals surface area (Å²) >= 11 is 6.00. The quantitative estimate of drug-likeness (QED) is 0.629. The van der Waals surface area contributed by atoms with Crippen molar-refractivity contribution in [2.75, 3.05) is 5.73 Å². The van der Waals surface area contributed by atoms with E-state index in [1.807, 2.05) is 0 Å². The van der Waals surface area contributed by atoms with Crippen LogP contribution in [0.3, 0.4) is 0 Å². The van der Waals surface area contributed by atoms with Crippen molar-refractivity contribution in [3.63, 3.8) is 0 Å². The van der Waals surface area contributed by atoms with Crippen molar-refractivity contribution in [3.8, 4) is 11.1 Å². The number of hydrogen-bond acceptors (Lipinski definition) is 2.